The van der Waals surface area contributed by atoms with Gasteiger partial charge in [0.15, 0.2) is 0 Å². The van der Waals surface area contributed by atoms with E-state index in [2.05, 4.69) is 10.3 Å². The number of nitrogens with one attached hydrogen (secondary N) is 1. The van der Waals surface area contributed by atoms with Crippen molar-refractivity contribution in [3.8, 4) is 0 Å². The van der Waals surface area contributed by atoms with E-state index in [4.69, 9.17) is 27.2 Å². The highest BCUT2D eigenvalue weighted by Crippen LogP contribution is 2.32. The molecule has 0 bridgehead atoms. The fourth-order valence-electron chi connectivity index (χ4n) is 1.34. The second kappa shape index (κ2) is 8.85. The quantitative estimate of drug-likeness (QED) is 0.682. The molecule has 142 valence electrons. The van der Waals surface area contributed by atoms with Gasteiger partial charge >= 0.3 is 18.3 Å². The number of carboxylic acids is 1. The van der Waals surface area contributed by atoms with Crippen LogP contribution in [0.25, 0.3) is 0 Å². The number of amides is 1. The van der Waals surface area contributed by atoms with Gasteiger partial charge in [0.05, 0.1) is 22.3 Å². The molecule has 0 aliphatic carbocycles. The third kappa shape index (κ3) is 8.03. The Bertz CT molecular complexity index is 621. The first kappa shape index (κ1) is 22.9. The lowest BCUT2D eigenvalue weighted by molar-refractivity contribution is -0.192. The molecule has 1 amide bonds. The molecule has 0 saturated heterocycles. The zero-order chi connectivity index (χ0) is 20.0. The summed E-state index contributed by atoms with van der Waals surface area (Å²) in [6, 6.07) is 0.0475. The Hall–Kier alpha value is -2.08. The largest absolute Gasteiger partial charge is 0.490 e. The van der Waals surface area contributed by atoms with Crippen LogP contribution in [0.1, 0.15) is 24.2 Å². The van der Waals surface area contributed by atoms with E-state index in [-0.39, 0.29) is 23.2 Å². The summed E-state index contributed by atoms with van der Waals surface area (Å²) < 4.78 is 68.9. The van der Waals surface area contributed by atoms with Gasteiger partial charge in [-0.15, -0.1) is 0 Å². The molecule has 0 aromatic carbocycles. The van der Waals surface area contributed by atoms with Crippen LogP contribution in [0.15, 0.2) is 12.3 Å². The van der Waals surface area contributed by atoms with Crippen LogP contribution in [-0.4, -0.2) is 34.7 Å². The summed E-state index contributed by atoms with van der Waals surface area (Å²) in [4.78, 5) is 23.4. The third-order valence-electron chi connectivity index (χ3n) is 2.38. The van der Waals surface area contributed by atoms with Crippen LogP contribution in [-0.2, 0) is 15.8 Å². The number of nitrogens with zero attached hydrogens (tertiary/aromatic N) is 1. The Morgan fingerprint density at radius 3 is 2.08 bits per heavy atom. The number of carboxylic acid groups (broad SMARTS) is 1. The van der Waals surface area contributed by atoms with E-state index >= 15 is 0 Å². The first-order valence-corrected chi connectivity index (χ1v) is 6.57. The highest BCUT2D eigenvalue weighted by atomic mass is 35.5. The standard InChI is InChI=1S/C10H11ClF3N3O.C2HF3O2/c1-5(18)17-8(3-15)9-7(11)2-6(4-16-9)10(12,13)14;3-2(4,5)1(6)7/h2,4,8H,3,15H2,1H3,(H,17,18);(H,6,7). The fraction of sp³-hybridized carbons (Fsp3) is 0.417. The van der Waals surface area contributed by atoms with Crippen molar-refractivity contribution in [2.24, 2.45) is 5.73 Å². The SMILES string of the molecule is CC(=O)NC(CN)c1ncc(C(F)(F)F)cc1Cl.O=C(O)C(F)(F)F. The molecular weight excluding hydrogens is 384 g/mol. The monoisotopic (exact) mass is 395 g/mol. The van der Waals surface area contributed by atoms with E-state index in [0.29, 0.717) is 6.20 Å². The number of carbonyl (C=O) groups is 2. The molecule has 1 unspecified atom stereocenters. The van der Waals surface area contributed by atoms with Crippen LogP contribution in [0.2, 0.25) is 5.02 Å². The molecule has 6 nitrogen and oxygen atoms in total. The fourth-order valence-corrected chi connectivity index (χ4v) is 1.64. The first-order valence-electron chi connectivity index (χ1n) is 6.20. The van der Waals surface area contributed by atoms with Crippen molar-refractivity contribution in [2.45, 2.75) is 25.3 Å². The number of alkyl halides is 6. The zero-order valence-electron chi connectivity index (χ0n) is 12.4. The number of hydrogen-bond acceptors (Lipinski definition) is 4. The Kier molecular flexibility index (Phi) is 8.12. The van der Waals surface area contributed by atoms with Crippen LogP contribution in [0.5, 0.6) is 0 Å². The van der Waals surface area contributed by atoms with Gasteiger partial charge in [-0.1, -0.05) is 11.6 Å². The molecule has 1 aromatic heterocycles. The number of nitrogens with two attached hydrogens (primary N) is 1. The number of aromatic nitrogens is 1. The summed E-state index contributed by atoms with van der Waals surface area (Å²) >= 11 is 5.72. The Morgan fingerprint density at radius 1 is 1.32 bits per heavy atom. The topological polar surface area (TPSA) is 105 Å². The Labute approximate surface area is 142 Å². The summed E-state index contributed by atoms with van der Waals surface area (Å²) in [6.45, 7) is 1.25. The normalized spacial score (nSPS) is 12.7. The Morgan fingerprint density at radius 2 is 1.80 bits per heavy atom. The van der Waals surface area contributed by atoms with Gasteiger partial charge in [0.25, 0.3) is 0 Å². The van der Waals surface area contributed by atoms with Crippen LogP contribution < -0.4 is 11.1 Å². The predicted molar refractivity (Wildman–Crippen MR) is 73.6 cm³/mol. The summed E-state index contributed by atoms with van der Waals surface area (Å²) in [5.74, 6) is -3.13. The molecule has 1 atom stereocenters. The molecular formula is C12H12ClF6N3O3. The number of carbonyl (C=O) groups excluding carboxylic acids is 1. The smallest absolute Gasteiger partial charge is 0.475 e. The van der Waals surface area contributed by atoms with Crippen LogP contribution in [0, 0.1) is 0 Å². The lowest BCUT2D eigenvalue weighted by atomic mass is 10.1. The molecule has 0 spiro atoms. The Balaban J connectivity index is 0.000000697. The van der Waals surface area contributed by atoms with Crippen molar-refractivity contribution >= 4 is 23.5 Å². The van der Waals surface area contributed by atoms with Crippen LogP contribution in [0.4, 0.5) is 26.3 Å². The number of pyridine rings is 1. The molecule has 13 heteroatoms. The number of halogens is 7. The zero-order valence-corrected chi connectivity index (χ0v) is 13.1. The maximum atomic E-state index is 12.4. The minimum atomic E-state index is -5.08. The van der Waals surface area contributed by atoms with Crippen LogP contribution in [0.3, 0.4) is 0 Å². The average molecular weight is 396 g/mol. The van der Waals surface area contributed by atoms with E-state index in [0.717, 1.165) is 6.07 Å². The first-order chi connectivity index (χ1) is 11.2. The summed E-state index contributed by atoms with van der Waals surface area (Å²) in [7, 11) is 0. The molecule has 0 radical (unpaired) electrons. The van der Waals surface area contributed by atoms with Crippen molar-refractivity contribution in [3.63, 3.8) is 0 Å². The molecule has 0 fully saturated rings. The molecule has 1 heterocycles. The summed E-state index contributed by atoms with van der Waals surface area (Å²) in [6.07, 6.45) is -8.94. The van der Waals surface area contributed by atoms with Crippen molar-refractivity contribution < 1.29 is 41.0 Å². The molecule has 0 saturated carbocycles. The van der Waals surface area contributed by atoms with Gasteiger partial charge in [0.1, 0.15) is 0 Å². The molecule has 4 N–H and O–H groups in total. The van der Waals surface area contributed by atoms with E-state index in [9.17, 15) is 31.1 Å². The molecule has 0 aliphatic rings. The lowest BCUT2D eigenvalue weighted by Gasteiger charge is -2.17. The van der Waals surface area contributed by atoms with Gasteiger partial charge in [-0.3, -0.25) is 9.78 Å². The van der Waals surface area contributed by atoms with Gasteiger partial charge in [-0.25, -0.2) is 4.79 Å². The number of rotatable bonds is 3. The van der Waals surface area contributed by atoms with Crippen molar-refractivity contribution in [3.05, 3.63) is 28.5 Å². The van der Waals surface area contributed by atoms with E-state index < -0.39 is 29.9 Å². The number of aliphatic carboxylic acids is 1. The maximum absolute atomic E-state index is 12.4. The van der Waals surface area contributed by atoms with Gasteiger partial charge in [0.2, 0.25) is 5.91 Å². The maximum Gasteiger partial charge on any atom is 0.490 e. The van der Waals surface area contributed by atoms with Crippen molar-refractivity contribution in [1.82, 2.24) is 10.3 Å². The molecule has 1 rings (SSSR count). The average Bonchev–Trinajstić information content (AvgIpc) is 2.43. The molecule has 0 aliphatic heterocycles. The highest BCUT2D eigenvalue weighted by Gasteiger charge is 2.38. The van der Waals surface area contributed by atoms with Crippen LogP contribution >= 0.6 is 11.6 Å². The highest BCUT2D eigenvalue weighted by molar-refractivity contribution is 6.31. The summed E-state index contributed by atoms with van der Waals surface area (Å²) in [5.41, 5.74) is 4.57. The summed E-state index contributed by atoms with van der Waals surface area (Å²) in [5, 5.41) is 9.39. The van der Waals surface area contributed by atoms with Crippen molar-refractivity contribution in [1.29, 1.82) is 0 Å². The second-order valence-electron chi connectivity index (χ2n) is 4.38. The lowest BCUT2D eigenvalue weighted by Crippen LogP contribution is -2.32. The third-order valence-corrected chi connectivity index (χ3v) is 2.69. The van der Waals surface area contributed by atoms with Gasteiger partial charge in [-0.05, 0) is 6.07 Å². The van der Waals surface area contributed by atoms with Crippen molar-refractivity contribution in [2.75, 3.05) is 6.54 Å². The minimum absolute atomic E-state index is 0.0162. The van der Waals surface area contributed by atoms with E-state index in [1.807, 2.05) is 0 Å². The van der Waals surface area contributed by atoms with E-state index in [1.165, 1.54) is 6.92 Å². The van der Waals surface area contributed by atoms with E-state index in [1.54, 1.807) is 0 Å². The molecule has 25 heavy (non-hydrogen) atoms. The van der Waals surface area contributed by atoms with Gasteiger partial charge < -0.3 is 16.2 Å². The predicted octanol–water partition coefficient (Wildman–Crippen LogP) is 2.52. The second-order valence-corrected chi connectivity index (χ2v) is 4.79. The number of hydrogen-bond donors (Lipinski definition) is 3. The van der Waals surface area contributed by atoms with Gasteiger partial charge in [0, 0.05) is 19.7 Å². The van der Waals surface area contributed by atoms with Gasteiger partial charge in [-0.2, -0.15) is 26.3 Å². The minimum Gasteiger partial charge on any atom is -0.475 e. The molecule has 1 aromatic rings.